The summed E-state index contributed by atoms with van der Waals surface area (Å²) in [4.78, 5) is 23.0. The minimum atomic E-state index is -5.56. The Labute approximate surface area is 119 Å². The van der Waals surface area contributed by atoms with Crippen molar-refractivity contribution in [1.82, 2.24) is 0 Å². The lowest BCUT2D eigenvalue weighted by atomic mass is 10.3. The monoisotopic (exact) mass is 333 g/mol. The fourth-order valence-electron chi connectivity index (χ4n) is 1.58. The first-order valence-corrected chi connectivity index (χ1v) is 7.98. The number of hydrogen-bond acceptors (Lipinski definition) is 6. The van der Waals surface area contributed by atoms with Crippen LogP contribution >= 0.6 is 0 Å². The number of rotatable bonds is 4. The van der Waals surface area contributed by atoms with E-state index in [4.69, 9.17) is 0 Å². The van der Waals surface area contributed by atoms with E-state index in [2.05, 4.69) is 4.13 Å². The van der Waals surface area contributed by atoms with E-state index in [-0.39, 0.29) is 5.69 Å². The van der Waals surface area contributed by atoms with E-state index in [9.17, 15) is 30.3 Å². The van der Waals surface area contributed by atoms with Gasteiger partial charge in [-0.15, -0.1) is 3.89 Å². The van der Waals surface area contributed by atoms with Crippen LogP contribution < -0.4 is 4.90 Å². The average molecular weight is 333 g/mol. The summed E-state index contributed by atoms with van der Waals surface area (Å²) in [7, 11) is -10.3. The minimum absolute atomic E-state index is 0.0806. The Morgan fingerprint density at radius 1 is 0.905 bits per heavy atom. The van der Waals surface area contributed by atoms with Crippen LogP contribution in [0.3, 0.4) is 0 Å². The van der Waals surface area contributed by atoms with Crippen molar-refractivity contribution in [2.45, 2.75) is 4.90 Å². The molecule has 0 aromatic heterocycles. The number of anilines is 1. The highest BCUT2D eigenvalue weighted by molar-refractivity contribution is 8.10. The largest absolute Gasteiger partial charge is 0.403 e. The fourth-order valence-corrected chi connectivity index (χ4v) is 3.34. The number of benzene rings is 1. The molecule has 0 bridgehead atoms. The minimum Gasteiger partial charge on any atom is -0.403 e. The number of halogens is 1. The van der Waals surface area contributed by atoms with Crippen molar-refractivity contribution < 1.29 is 30.3 Å². The summed E-state index contributed by atoms with van der Waals surface area (Å²) in [5.74, 6) is -1.21. The molecule has 0 saturated heterocycles. The molecule has 1 aromatic rings. The number of hydrogen-bond donors (Lipinski definition) is 0. The summed E-state index contributed by atoms with van der Waals surface area (Å²) >= 11 is 0. The highest BCUT2D eigenvalue weighted by Gasteiger charge is 2.25. The van der Waals surface area contributed by atoms with Crippen LogP contribution in [0.25, 0.3) is 4.13 Å². The summed E-state index contributed by atoms with van der Waals surface area (Å²) < 4.78 is 57.9. The Hall–Kier alpha value is -2.11. The zero-order chi connectivity index (χ0) is 15.8. The van der Waals surface area contributed by atoms with E-state index in [0.29, 0.717) is 0 Å². The lowest BCUT2D eigenvalue weighted by Gasteiger charge is -2.17. The smallest absolute Gasteiger partial charge is 0.258 e. The second kappa shape index (κ2) is 5.02. The molecule has 11 heteroatoms. The normalized spacial score (nSPS) is 15.8. The van der Waals surface area contributed by atoms with Crippen molar-refractivity contribution in [2.24, 2.45) is 0 Å². The summed E-state index contributed by atoms with van der Waals surface area (Å²) in [5.41, 5.74) is 0.0806. The van der Waals surface area contributed by atoms with Gasteiger partial charge in [0.2, 0.25) is 10.4 Å². The van der Waals surface area contributed by atoms with E-state index in [0.717, 1.165) is 41.3 Å². The molecule has 112 valence electrons. The average Bonchev–Trinajstić information content (AvgIpc) is 2.66. The maximum atomic E-state index is 12.3. The molecule has 1 aliphatic heterocycles. The molecular weight excluding hydrogens is 327 g/mol. The van der Waals surface area contributed by atoms with Crippen LogP contribution in [-0.4, -0.2) is 28.6 Å². The van der Waals surface area contributed by atoms with Crippen molar-refractivity contribution in [3.63, 3.8) is 0 Å². The number of carbonyl (C=O) groups excluding carboxylic acids is 2. The highest BCUT2D eigenvalue weighted by Crippen LogP contribution is 2.25. The van der Waals surface area contributed by atoms with Crippen LogP contribution in [0, 0.1) is 0 Å². The molecular formula is C10H6FN2O6S2-. The molecule has 0 aliphatic carbocycles. The third-order valence-corrected chi connectivity index (χ3v) is 4.75. The molecule has 0 unspecified atom stereocenters. The predicted octanol–water partition coefficient (Wildman–Crippen LogP) is 0.393. The second-order valence-electron chi connectivity index (χ2n) is 3.80. The van der Waals surface area contributed by atoms with Gasteiger partial charge in [0.1, 0.15) is 10.0 Å². The van der Waals surface area contributed by atoms with Crippen LogP contribution in [0.1, 0.15) is 0 Å². The Morgan fingerprint density at radius 3 is 1.81 bits per heavy atom. The predicted molar refractivity (Wildman–Crippen MR) is 68.6 cm³/mol. The van der Waals surface area contributed by atoms with E-state index in [1.807, 2.05) is 0 Å². The Balaban J connectivity index is 2.32. The quantitative estimate of drug-likeness (QED) is 0.581. The molecule has 2 rings (SSSR count). The van der Waals surface area contributed by atoms with Gasteiger partial charge < -0.3 is 4.13 Å². The van der Waals surface area contributed by atoms with E-state index in [1.165, 1.54) is 0 Å². The Bertz CT molecular complexity index is 824. The Morgan fingerprint density at radius 2 is 1.38 bits per heavy atom. The van der Waals surface area contributed by atoms with Gasteiger partial charge in [-0.1, -0.05) is 0 Å². The molecule has 0 N–H and O–H groups in total. The summed E-state index contributed by atoms with van der Waals surface area (Å²) in [6.45, 7) is 0. The van der Waals surface area contributed by atoms with Gasteiger partial charge in [-0.3, -0.25) is 9.59 Å². The zero-order valence-corrected chi connectivity index (χ0v) is 11.6. The number of carbonyl (C=O) groups is 2. The molecule has 0 saturated carbocycles. The number of amides is 2. The van der Waals surface area contributed by atoms with Crippen LogP contribution in [0.2, 0.25) is 0 Å². The lowest BCUT2D eigenvalue weighted by Crippen LogP contribution is -2.29. The number of imide groups is 1. The molecule has 0 atom stereocenters. The van der Waals surface area contributed by atoms with Crippen LogP contribution in [-0.2, 0) is 30.0 Å². The van der Waals surface area contributed by atoms with Gasteiger partial charge in [-0.2, -0.15) is 0 Å². The van der Waals surface area contributed by atoms with Gasteiger partial charge in [0.05, 0.1) is 5.69 Å². The molecule has 0 spiro atoms. The third-order valence-electron chi connectivity index (χ3n) is 2.39. The van der Waals surface area contributed by atoms with Crippen molar-refractivity contribution in [1.29, 1.82) is 0 Å². The zero-order valence-electron chi connectivity index (χ0n) is 10.0. The van der Waals surface area contributed by atoms with E-state index < -0.39 is 37.1 Å². The second-order valence-corrected chi connectivity index (χ2v) is 6.64. The molecule has 1 aliphatic rings. The lowest BCUT2D eigenvalue weighted by molar-refractivity contribution is -0.119. The van der Waals surface area contributed by atoms with Gasteiger partial charge >= 0.3 is 0 Å². The van der Waals surface area contributed by atoms with Gasteiger partial charge in [-0.05, 0) is 24.3 Å². The molecule has 1 aromatic carbocycles. The van der Waals surface area contributed by atoms with Gasteiger partial charge in [-0.25, -0.2) is 21.7 Å². The SMILES string of the molecule is O=C1C=CC(=O)N1c1ccc(S(=O)(=O)[N-]S(=O)(=O)F)cc1. The molecule has 0 radical (unpaired) electrons. The molecule has 0 fully saturated rings. The first-order valence-electron chi connectivity index (χ1n) is 5.20. The molecule has 2 amide bonds. The van der Waals surface area contributed by atoms with Gasteiger partial charge in [0.25, 0.3) is 11.8 Å². The van der Waals surface area contributed by atoms with Crippen molar-refractivity contribution in [3.8, 4) is 0 Å². The summed E-state index contributed by atoms with van der Waals surface area (Å²) in [6.07, 6.45) is 2.08. The molecule has 1 heterocycles. The van der Waals surface area contributed by atoms with Crippen molar-refractivity contribution in [2.75, 3.05) is 4.90 Å². The highest BCUT2D eigenvalue weighted by atomic mass is 32.3. The van der Waals surface area contributed by atoms with Crippen molar-refractivity contribution in [3.05, 3.63) is 40.5 Å². The summed E-state index contributed by atoms with van der Waals surface area (Å²) in [6, 6.07) is 3.99. The Kier molecular flexibility index (Phi) is 3.65. The third kappa shape index (κ3) is 3.32. The first-order chi connectivity index (χ1) is 9.60. The standard InChI is InChI=1S/C10H6FN2O6S2/c11-21(18,19)12-20(16,17)8-3-1-7(2-4-8)13-9(14)5-6-10(13)15/h1-6H/q-1. The first kappa shape index (κ1) is 15.3. The summed E-state index contributed by atoms with van der Waals surface area (Å²) in [5, 5.41) is 0. The maximum absolute atomic E-state index is 12.3. The van der Waals surface area contributed by atoms with E-state index in [1.54, 1.807) is 0 Å². The molecule has 21 heavy (non-hydrogen) atoms. The van der Waals surface area contributed by atoms with Gasteiger partial charge in [0, 0.05) is 17.0 Å². The fraction of sp³-hybridized carbons (Fsp3) is 0. The van der Waals surface area contributed by atoms with Crippen LogP contribution in [0.15, 0.2) is 41.3 Å². The number of nitrogens with zero attached hydrogens (tertiary/aromatic N) is 2. The van der Waals surface area contributed by atoms with Crippen LogP contribution in [0.5, 0.6) is 0 Å². The topological polar surface area (TPSA) is 120 Å². The molecule has 8 nitrogen and oxygen atoms in total. The van der Waals surface area contributed by atoms with Crippen LogP contribution in [0.4, 0.5) is 9.57 Å². The number of sulfonamides is 1. The van der Waals surface area contributed by atoms with Gasteiger partial charge in [0.15, 0.2) is 0 Å². The maximum Gasteiger partial charge on any atom is 0.258 e. The van der Waals surface area contributed by atoms with E-state index >= 15 is 0 Å². The van der Waals surface area contributed by atoms with Crippen molar-refractivity contribution >= 4 is 37.9 Å².